The lowest BCUT2D eigenvalue weighted by Gasteiger charge is -2.43. The number of imide groups is 1. The number of amides is 2. The van der Waals surface area contributed by atoms with Crippen LogP contribution in [0, 0.1) is 29.6 Å². The molecule has 10 nitrogen and oxygen atoms in total. The van der Waals surface area contributed by atoms with Crippen molar-refractivity contribution in [2.75, 3.05) is 19.8 Å². The minimum Gasteiger partial charge on any atom is -0.482 e. The van der Waals surface area contributed by atoms with Crippen LogP contribution in [0.3, 0.4) is 0 Å². The summed E-state index contributed by atoms with van der Waals surface area (Å²) in [6, 6.07) is 5.48. The SMILES string of the molecule is CCOC(=O)COc1ccc(Br)cc1[C@H]1c2sc(=O)[nH]c2SC2C3CC(C4C(=O)N(CC(=O)O)C(=O)C34)C21. The van der Waals surface area contributed by atoms with Gasteiger partial charge >= 0.3 is 16.8 Å². The maximum Gasteiger partial charge on any atom is 0.344 e. The first-order chi connectivity index (χ1) is 18.2. The standard InChI is InChI=1S/C25H23BrN2O8S2/c1-2-35-15(31)8-36-13-4-3-9(26)5-10(13)16-17-11-6-12(20(17)37-22-21(16)38-25(34)27-22)19-18(11)23(32)28(24(19)33)7-14(29)30/h3-5,11-12,16-20H,2,6-8H2,1H3,(H,27,34)(H,29,30)/t11?,12?,16-,17?,18?,19?,20?/m1/s1. The van der Waals surface area contributed by atoms with E-state index in [-0.39, 0.29) is 47.0 Å². The lowest BCUT2D eigenvalue weighted by Crippen LogP contribution is -2.42. The smallest absolute Gasteiger partial charge is 0.344 e. The number of carbonyl (C=O) groups is 4. The van der Waals surface area contributed by atoms with Gasteiger partial charge in [0.25, 0.3) is 0 Å². The Morgan fingerprint density at radius 2 is 1.92 bits per heavy atom. The fraction of sp³-hybridized carbons (Fsp3) is 0.480. The largest absolute Gasteiger partial charge is 0.482 e. The van der Waals surface area contributed by atoms with Gasteiger partial charge in [0.15, 0.2) is 6.61 Å². The molecule has 6 unspecified atom stereocenters. The van der Waals surface area contributed by atoms with Crippen LogP contribution in [0.2, 0.25) is 0 Å². The molecule has 2 aliphatic heterocycles. The molecule has 2 aromatic rings. The molecule has 3 fully saturated rings. The van der Waals surface area contributed by atoms with Crippen molar-refractivity contribution in [2.45, 2.75) is 29.5 Å². The summed E-state index contributed by atoms with van der Waals surface area (Å²) in [6.07, 6.45) is 0.679. The molecular weight excluding hydrogens is 600 g/mol. The molecule has 3 heterocycles. The Morgan fingerprint density at radius 1 is 1.18 bits per heavy atom. The van der Waals surface area contributed by atoms with Gasteiger partial charge in [-0.2, -0.15) is 0 Å². The lowest BCUT2D eigenvalue weighted by atomic mass is 9.68. The molecule has 200 valence electrons. The molecule has 2 bridgehead atoms. The summed E-state index contributed by atoms with van der Waals surface area (Å²) in [5, 5.41) is 9.97. The van der Waals surface area contributed by atoms with Gasteiger partial charge in [-0.15, -0.1) is 11.8 Å². The van der Waals surface area contributed by atoms with Gasteiger partial charge in [-0.05, 0) is 49.3 Å². The summed E-state index contributed by atoms with van der Waals surface area (Å²) in [5.41, 5.74) is 0.777. The quantitative estimate of drug-likeness (QED) is 0.352. The molecular formula is C25H23BrN2O8S2. The lowest BCUT2D eigenvalue weighted by molar-refractivity contribution is -0.150. The van der Waals surface area contributed by atoms with E-state index in [9.17, 15) is 29.1 Å². The third-order valence-corrected chi connectivity index (χ3v) is 11.1. The van der Waals surface area contributed by atoms with Crippen LogP contribution in [0.15, 0.2) is 32.5 Å². The van der Waals surface area contributed by atoms with Gasteiger partial charge in [0, 0.05) is 26.1 Å². The number of hydrogen-bond acceptors (Lipinski definition) is 9. The number of rotatable bonds is 7. The van der Waals surface area contributed by atoms with Crippen LogP contribution in [-0.2, 0) is 23.9 Å². The Labute approximate surface area is 233 Å². The number of nitrogens with zero attached hydrogens (tertiary/aromatic N) is 1. The third kappa shape index (κ3) is 3.92. The van der Waals surface area contributed by atoms with E-state index in [1.807, 2.05) is 6.07 Å². The number of hydrogen-bond donors (Lipinski definition) is 2. The molecule has 1 aromatic heterocycles. The van der Waals surface area contributed by atoms with Crippen molar-refractivity contribution in [1.29, 1.82) is 0 Å². The van der Waals surface area contributed by atoms with E-state index in [1.54, 1.807) is 30.8 Å². The highest BCUT2D eigenvalue weighted by Gasteiger charge is 2.69. The molecule has 0 radical (unpaired) electrons. The van der Waals surface area contributed by atoms with Gasteiger partial charge in [-0.1, -0.05) is 27.3 Å². The van der Waals surface area contributed by atoms with E-state index in [1.165, 1.54) is 0 Å². The first-order valence-corrected chi connectivity index (χ1v) is 14.7. The Hall–Kier alpha value is -2.64. The predicted molar refractivity (Wildman–Crippen MR) is 139 cm³/mol. The highest BCUT2D eigenvalue weighted by Crippen LogP contribution is 2.69. The summed E-state index contributed by atoms with van der Waals surface area (Å²) >= 11 is 6.20. The predicted octanol–water partition coefficient (Wildman–Crippen LogP) is 2.70. The van der Waals surface area contributed by atoms with Crippen molar-refractivity contribution in [2.24, 2.45) is 29.6 Å². The van der Waals surface area contributed by atoms with Crippen molar-refractivity contribution in [1.82, 2.24) is 9.88 Å². The van der Waals surface area contributed by atoms with E-state index >= 15 is 0 Å². The second kappa shape index (κ2) is 9.53. The second-order valence-corrected chi connectivity index (χ2v) is 13.0. The van der Waals surface area contributed by atoms with Crippen molar-refractivity contribution in [3.05, 3.63) is 42.8 Å². The molecule has 2 aliphatic carbocycles. The van der Waals surface area contributed by atoms with Crippen LogP contribution >= 0.6 is 39.0 Å². The molecule has 4 aliphatic rings. The molecule has 13 heteroatoms. The van der Waals surface area contributed by atoms with E-state index in [0.717, 1.165) is 36.2 Å². The number of carboxylic acid groups (broad SMARTS) is 1. The number of carboxylic acids is 1. The number of esters is 1. The number of ether oxygens (including phenoxy) is 2. The molecule has 6 rings (SSSR count). The van der Waals surface area contributed by atoms with E-state index < -0.39 is 42.1 Å². The summed E-state index contributed by atoms with van der Waals surface area (Å²) < 4.78 is 11.7. The number of likely N-dealkylation sites (tertiary alicyclic amines) is 1. The van der Waals surface area contributed by atoms with Gasteiger partial charge in [0.2, 0.25) is 11.8 Å². The van der Waals surface area contributed by atoms with Crippen LogP contribution in [-0.4, -0.2) is 63.8 Å². The number of benzene rings is 1. The minimum absolute atomic E-state index is 0.0533. The van der Waals surface area contributed by atoms with Gasteiger partial charge in [-0.25, -0.2) is 4.79 Å². The molecule has 2 N–H and O–H groups in total. The maximum absolute atomic E-state index is 13.3. The molecule has 38 heavy (non-hydrogen) atoms. The number of nitrogens with one attached hydrogen (secondary N) is 1. The van der Waals surface area contributed by atoms with Crippen LogP contribution in [0.25, 0.3) is 0 Å². The normalized spacial score (nSPS) is 30.7. The van der Waals surface area contributed by atoms with Crippen LogP contribution in [0.1, 0.15) is 29.7 Å². The number of carbonyl (C=O) groups excluding carboxylic acids is 3. The highest BCUT2D eigenvalue weighted by atomic mass is 79.9. The van der Waals surface area contributed by atoms with Gasteiger partial charge in [0.05, 0.1) is 23.5 Å². The van der Waals surface area contributed by atoms with Crippen LogP contribution < -0.4 is 9.61 Å². The number of halogens is 1. The topological polar surface area (TPSA) is 143 Å². The third-order valence-electron chi connectivity index (χ3n) is 8.07. The second-order valence-electron chi connectivity index (χ2n) is 9.89. The van der Waals surface area contributed by atoms with Gasteiger partial charge in [-0.3, -0.25) is 24.1 Å². The summed E-state index contributed by atoms with van der Waals surface area (Å²) in [5.74, 6) is -3.88. The number of H-pyrrole nitrogens is 1. The number of thiazole rings is 1. The molecule has 0 spiro atoms. The first kappa shape index (κ1) is 25.6. The zero-order valence-electron chi connectivity index (χ0n) is 20.0. The zero-order chi connectivity index (χ0) is 26.9. The highest BCUT2D eigenvalue weighted by molar-refractivity contribution is 9.10. The molecule has 2 amide bonds. The maximum atomic E-state index is 13.3. The number of thioether (sulfide) groups is 1. The zero-order valence-corrected chi connectivity index (χ0v) is 23.3. The van der Waals surface area contributed by atoms with E-state index in [2.05, 4.69) is 20.9 Å². The van der Waals surface area contributed by atoms with Crippen molar-refractivity contribution < 1.29 is 33.8 Å². The fourth-order valence-corrected chi connectivity index (χ4v) is 10.2. The van der Waals surface area contributed by atoms with Crippen molar-refractivity contribution >= 4 is 62.8 Å². The monoisotopic (exact) mass is 622 g/mol. The average molecular weight is 624 g/mol. The number of aromatic nitrogens is 1. The van der Waals surface area contributed by atoms with E-state index in [0.29, 0.717) is 12.2 Å². The van der Waals surface area contributed by atoms with Crippen LogP contribution in [0.5, 0.6) is 5.75 Å². The Kier molecular flexibility index (Phi) is 6.42. The molecule has 1 saturated heterocycles. The number of fused-ring (bicyclic) bond motifs is 9. The summed E-state index contributed by atoms with van der Waals surface area (Å²) in [7, 11) is 0. The van der Waals surface area contributed by atoms with Gasteiger partial charge in [0.1, 0.15) is 12.3 Å². The molecule has 2 saturated carbocycles. The summed E-state index contributed by atoms with van der Waals surface area (Å²) in [4.78, 5) is 66.9. The van der Waals surface area contributed by atoms with E-state index in [4.69, 9.17) is 9.47 Å². The number of aromatic amines is 1. The summed E-state index contributed by atoms with van der Waals surface area (Å²) in [6.45, 7) is 1.04. The van der Waals surface area contributed by atoms with Crippen LogP contribution in [0.4, 0.5) is 0 Å². The fourth-order valence-electron chi connectivity index (χ4n) is 6.95. The Morgan fingerprint density at radius 3 is 2.63 bits per heavy atom. The van der Waals surface area contributed by atoms with Gasteiger partial charge < -0.3 is 19.6 Å². The Balaban J connectivity index is 1.42. The van der Waals surface area contributed by atoms with Crippen molar-refractivity contribution in [3.63, 3.8) is 0 Å². The van der Waals surface area contributed by atoms with Crippen molar-refractivity contribution in [3.8, 4) is 5.75 Å². The number of aliphatic carboxylic acids is 1. The minimum atomic E-state index is -1.22. The average Bonchev–Trinajstić information content (AvgIpc) is 3.59. The molecule has 7 atom stereocenters. The Bertz CT molecular complexity index is 1420. The molecule has 1 aromatic carbocycles. The first-order valence-electron chi connectivity index (χ1n) is 12.2.